The molecule has 3 aromatic heterocycles. The monoisotopic (exact) mass is 420 g/mol. The van der Waals surface area contributed by atoms with E-state index in [9.17, 15) is 13.6 Å². The van der Waals surface area contributed by atoms with Crippen LogP contribution in [0.2, 0.25) is 0 Å². The summed E-state index contributed by atoms with van der Waals surface area (Å²) in [6, 6.07) is 12.2. The number of nitrogens with zero attached hydrogens (tertiary/aromatic N) is 4. The highest BCUT2D eigenvalue weighted by atomic mass is 19.3. The molecule has 0 aliphatic rings. The van der Waals surface area contributed by atoms with Crippen molar-refractivity contribution in [3.8, 4) is 17.0 Å². The van der Waals surface area contributed by atoms with Crippen molar-refractivity contribution in [2.75, 3.05) is 5.32 Å². The first-order valence-electron chi connectivity index (χ1n) is 9.21. The van der Waals surface area contributed by atoms with E-state index in [2.05, 4.69) is 25.6 Å². The van der Waals surface area contributed by atoms with E-state index in [1.165, 1.54) is 23.0 Å². The first-order valence-corrected chi connectivity index (χ1v) is 9.21. The molecule has 0 spiro atoms. The van der Waals surface area contributed by atoms with Crippen molar-refractivity contribution >= 4 is 28.0 Å². The van der Waals surface area contributed by atoms with Gasteiger partial charge >= 0.3 is 6.61 Å². The summed E-state index contributed by atoms with van der Waals surface area (Å²) in [6.45, 7) is -3.01. The molecule has 0 saturated heterocycles. The topological polar surface area (TPSA) is 97.2 Å². The van der Waals surface area contributed by atoms with E-state index in [0.717, 1.165) is 10.8 Å². The smallest absolute Gasteiger partial charge is 0.387 e. The molecule has 3 heterocycles. The number of amides is 1. The van der Waals surface area contributed by atoms with Gasteiger partial charge in [-0.1, -0.05) is 24.3 Å². The minimum Gasteiger partial charge on any atom is -0.434 e. The lowest BCUT2D eigenvalue weighted by molar-refractivity contribution is -0.0493. The molecule has 154 valence electrons. The first kappa shape index (κ1) is 18.7. The van der Waals surface area contributed by atoms with Gasteiger partial charge in [0.05, 0.1) is 23.8 Å². The Morgan fingerprint density at radius 1 is 1.13 bits per heavy atom. The van der Waals surface area contributed by atoms with Gasteiger partial charge in [0.15, 0.2) is 5.65 Å². The van der Waals surface area contributed by atoms with Gasteiger partial charge in [-0.3, -0.25) is 9.89 Å². The number of H-pyrrole nitrogens is 1. The fourth-order valence-corrected chi connectivity index (χ4v) is 3.37. The number of hydrogen-bond donors (Lipinski definition) is 2. The summed E-state index contributed by atoms with van der Waals surface area (Å²) in [7, 11) is 0. The molecule has 0 radical (unpaired) electrons. The van der Waals surface area contributed by atoms with Gasteiger partial charge in [-0.15, -0.1) is 0 Å². The Hall–Kier alpha value is -4.34. The minimum absolute atomic E-state index is 0.0360. The molecule has 2 aromatic carbocycles. The quantitative estimate of drug-likeness (QED) is 0.446. The molecule has 0 atom stereocenters. The summed E-state index contributed by atoms with van der Waals surface area (Å²) < 4.78 is 32.3. The molecule has 0 fully saturated rings. The maximum absolute atomic E-state index is 13.1. The third-order valence-electron chi connectivity index (χ3n) is 4.74. The standard InChI is InChI=1S/C21H14F2N6O2/c22-21(23)31-17-9-13-5-2-1-4-12(13)8-14(17)18-16(11-25-28-18)27-20(30)15-10-26-29-7-3-6-24-19(15)29/h1-11,21H,(H,25,28)(H,27,30). The number of halogens is 2. The Bertz CT molecular complexity index is 1410. The van der Waals surface area contributed by atoms with Crippen molar-refractivity contribution in [3.63, 3.8) is 0 Å². The maximum Gasteiger partial charge on any atom is 0.387 e. The molecule has 0 aliphatic heterocycles. The number of hydrogen-bond acceptors (Lipinski definition) is 5. The van der Waals surface area contributed by atoms with Gasteiger partial charge in [-0.05, 0) is 29.0 Å². The van der Waals surface area contributed by atoms with E-state index in [1.54, 1.807) is 36.7 Å². The van der Waals surface area contributed by atoms with Crippen LogP contribution in [0, 0.1) is 0 Å². The molecule has 2 N–H and O–H groups in total. The number of alkyl halides is 2. The predicted octanol–water partition coefficient (Wildman–Crippen LogP) is 4.13. The van der Waals surface area contributed by atoms with E-state index in [1.807, 2.05) is 12.1 Å². The number of benzene rings is 2. The number of aromatic amines is 1. The Balaban J connectivity index is 1.55. The number of aromatic nitrogens is 5. The van der Waals surface area contributed by atoms with Gasteiger partial charge in [0, 0.05) is 18.0 Å². The summed E-state index contributed by atoms with van der Waals surface area (Å²) >= 11 is 0. The number of nitrogens with one attached hydrogen (secondary N) is 2. The second-order valence-electron chi connectivity index (χ2n) is 6.63. The number of ether oxygens (including phenoxy) is 1. The van der Waals surface area contributed by atoms with Gasteiger partial charge in [0.2, 0.25) is 0 Å². The summed E-state index contributed by atoms with van der Waals surface area (Å²) in [4.78, 5) is 17.0. The van der Waals surface area contributed by atoms with Crippen molar-refractivity contribution in [3.05, 3.63) is 72.8 Å². The number of carbonyl (C=O) groups excluding carboxylic acids is 1. The zero-order chi connectivity index (χ0) is 21.4. The second kappa shape index (κ2) is 7.48. The normalized spacial score (nSPS) is 11.3. The van der Waals surface area contributed by atoms with E-state index in [0.29, 0.717) is 22.6 Å². The average molecular weight is 420 g/mol. The van der Waals surface area contributed by atoms with E-state index >= 15 is 0 Å². The van der Waals surface area contributed by atoms with Crippen LogP contribution in [-0.4, -0.2) is 37.3 Å². The number of carbonyl (C=O) groups is 1. The number of anilines is 1. The third-order valence-corrected chi connectivity index (χ3v) is 4.74. The van der Waals surface area contributed by atoms with Gasteiger partial charge < -0.3 is 10.1 Å². The van der Waals surface area contributed by atoms with Crippen LogP contribution in [-0.2, 0) is 0 Å². The number of fused-ring (bicyclic) bond motifs is 2. The summed E-state index contributed by atoms with van der Waals surface area (Å²) in [5, 5.41) is 15.1. The first-order chi connectivity index (χ1) is 15.1. The van der Waals surface area contributed by atoms with Gasteiger partial charge in [-0.25, -0.2) is 9.50 Å². The molecule has 5 rings (SSSR count). The minimum atomic E-state index is -3.01. The van der Waals surface area contributed by atoms with Crippen molar-refractivity contribution in [2.24, 2.45) is 0 Å². The molecule has 10 heteroatoms. The van der Waals surface area contributed by atoms with Crippen molar-refractivity contribution < 1.29 is 18.3 Å². The largest absolute Gasteiger partial charge is 0.434 e. The van der Waals surface area contributed by atoms with Crippen LogP contribution in [0.1, 0.15) is 10.4 Å². The van der Waals surface area contributed by atoms with Crippen LogP contribution >= 0.6 is 0 Å². The van der Waals surface area contributed by atoms with Crippen molar-refractivity contribution in [1.82, 2.24) is 24.8 Å². The Kier molecular flexibility index (Phi) is 4.51. The van der Waals surface area contributed by atoms with Gasteiger partial charge in [-0.2, -0.15) is 19.0 Å². The lowest BCUT2D eigenvalue weighted by atomic mass is 10.0. The molecule has 5 aromatic rings. The average Bonchev–Trinajstić information content (AvgIpc) is 3.40. The second-order valence-corrected chi connectivity index (χ2v) is 6.63. The summed E-state index contributed by atoms with van der Waals surface area (Å²) in [6.07, 6.45) is 6.03. The zero-order valence-electron chi connectivity index (χ0n) is 15.8. The van der Waals surface area contributed by atoms with Gasteiger partial charge in [0.25, 0.3) is 5.91 Å². The van der Waals surface area contributed by atoms with E-state index in [-0.39, 0.29) is 11.3 Å². The highest BCUT2D eigenvalue weighted by Gasteiger charge is 2.20. The van der Waals surface area contributed by atoms with Gasteiger partial charge in [0.1, 0.15) is 11.3 Å². The van der Waals surface area contributed by atoms with E-state index < -0.39 is 12.5 Å². The van der Waals surface area contributed by atoms with Crippen LogP contribution in [0.4, 0.5) is 14.5 Å². The summed E-state index contributed by atoms with van der Waals surface area (Å²) in [5.74, 6) is -0.500. The highest BCUT2D eigenvalue weighted by molar-refractivity contribution is 6.09. The van der Waals surface area contributed by atoms with Crippen LogP contribution in [0.5, 0.6) is 5.75 Å². The lowest BCUT2D eigenvalue weighted by Gasteiger charge is -2.13. The molecule has 8 nitrogen and oxygen atoms in total. The maximum atomic E-state index is 13.1. The molecule has 1 amide bonds. The third kappa shape index (κ3) is 3.44. The molecule has 0 unspecified atom stereocenters. The van der Waals surface area contributed by atoms with Crippen LogP contribution in [0.25, 0.3) is 27.7 Å². The van der Waals surface area contributed by atoms with Crippen LogP contribution in [0.15, 0.2) is 67.3 Å². The SMILES string of the molecule is O=C(Nc1cn[nH]c1-c1cc2ccccc2cc1OC(F)F)c1cnn2cccnc12. The molecule has 0 aliphatic carbocycles. The molecule has 0 saturated carbocycles. The lowest BCUT2D eigenvalue weighted by Crippen LogP contribution is -2.12. The number of rotatable bonds is 5. The Labute approximate surface area is 173 Å². The zero-order valence-corrected chi connectivity index (χ0v) is 15.8. The predicted molar refractivity (Wildman–Crippen MR) is 109 cm³/mol. The molecule has 0 bridgehead atoms. The molecule has 31 heavy (non-hydrogen) atoms. The van der Waals surface area contributed by atoms with Crippen molar-refractivity contribution in [2.45, 2.75) is 6.61 Å². The molecular weight excluding hydrogens is 406 g/mol. The Morgan fingerprint density at radius 3 is 2.74 bits per heavy atom. The van der Waals surface area contributed by atoms with Crippen LogP contribution in [0.3, 0.4) is 0 Å². The van der Waals surface area contributed by atoms with Crippen molar-refractivity contribution in [1.29, 1.82) is 0 Å². The van der Waals surface area contributed by atoms with Crippen LogP contribution < -0.4 is 10.1 Å². The Morgan fingerprint density at radius 2 is 1.94 bits per heavy atom. The van der Waals surface area contributed by atoms with E-state index in [4.69, 9.17) is 4.74 Å². The fraction of sp³-hybridized carbons (Fsp3) is 0.0476. The fourth-order valence-electron chi connectivity index (χ4n) is 3.37. The summed E-state index contributed by atoms with van der Waals surface area (Å²) in [5.41, 5.74) is 1.62. The molecular formula is C21H14F2N6O2. The highest BCUT2D eigenvalue weighted by Crippen LogP contribution is 2.37.